The van der Waals surface area contributed by atoms with Crippen molar-refractivity contribution < 1.29 is 4.92 Å². The molecule has 0 bridgehead atoms. The van der Waals surface area contributed by atoms with Crippen LogP contribution in [0.4, 0.5) is 11.5 Å². The zero-order valence-corrected chi connectivity index (χ0v) is 10.3. The second-order valence-electron chi connectivity index (χ2n) is 4.51. The van der Waals surface area contributed by atoms with Crippen LogP contribution in [0, 0.1) is 16.0 Å². The van der Waals surface area contributed by atoms with E-state index in [1.807, 2.05) is 6.92 Å². The Labute approximate surface area is 104 Å². The molecule has 1 heterocycles. The predicted octanol–water partition coefficient (Wildman–Crippen LogP) is 3.24. The summed E-state index contributed by atoms with van der Waals surface area (Å²) in [6, 6.07) is 2.92. The molecule has 0 spiro atoms. The Bertz CT molecular complexity index is 435. The van der Waals surface area contributed by atoms with Gasteiger partial charge in [-0.2, -0.15) is 0 Å². The summed E-state index contributed by atoms with van der Waals surface area (Å²) in [6.45, 7) is 2.05. The van der Waals surface area contributed by atoms with Crippen molar-refractivity contribution in [1.29, 1.82) is 0 Å². The summed E-state index contributed by atoms with van der Waals surface area (Å²) in [5.41, 5.74) is -0.0360. The van der Waals surface area contributed by atoms with E-state index in [2.05, 4.69) is 10.3 Å². The van der Waals surface area contributed by atoms with Crippen molar-refractivity contribution in [2.24, 2.45) is 5.92 Å². The van der Waals surface area contributed by atoms with E-state index in [1.165, 1.54) is 25.0 Å². The molecular weight excluding hydrogens is 242 g/mol. The summed E-state index contributed by atoms with van der Waals surface area (Å²) in [7, 11) is 0. The van der Waals surface area contributed by atoms with E-state index in [0.29, 0.717) is 5.82 Å². The van der Waals surface area contributed by atoms with Crippen LogP contribution in [0.1, 0.15) is 26.2 Å². The molecule has 0 aliphatic heterocycles. The molecule has 6 heteroatoms. The maximum absolute atomic E-state index is 10.7. The maximum atomic E-state index is 10.7. The maximum Gasteiger partial charge on any atom is 0.276 e. The van der Waals surface area contributed by atoms with Gasteiger partial charge in [0.05, 0.1) is 17.1 Å². The standard InChI is InChI=1S/C11H14ClN3O2/c1-7(4-8-2-3-8)13-11-6-9(15(16)17)5-10(12)14-11/h5-8H,2-4H2,1H3,(H,13,14). The lowest BCUT2D eigenvalue weighted by molar-refractivity contribution is -0.384. The summed E-state index contributed by atoms with van der Waals surface area (Å²) < 4.78 is 0. The largest absolute Gasteiger partial charge is 0.367 e. The van der Waals surface area contributed by atoms with Gasteiger partial charge in [0.1, 0.15) is 11.0 Å². The summed E-state index contributed by atoms with van der Waals surface area (Å²) >= 11 is 5.74. The summed E-state index contributed by atoms with van der Waals surface area (Å²) in [6.07, 6.45) is 3.65. The highest BCUT2D eigenvalue weighted by Gasteiger charge is 2.23. The Morgan fingerprint density at radius 2 is 2.35 bits per heavy atom. The molecule has 0 saturated heterocycles. The number of hydrogen-bond acceptors (Lipinski definition) is 4. The fourth-order valence-corrected chi connectivity index (χ4v) is 2.03. The van der Waals surface area contributed by atoms with Crippen LogP contribution in [0.25, 0.3) is 0 Å². The number of nitrogens with one attached hydrogen (secondary N) is 1. The third-order valence-corrected chi connectivity index (χ3v) is 2.96. The molecule has 17 heavy (non-hydrogen) atoms. The summed E-state index contributed by atoms with van der Waals surface area (Å²) in [4.78, 5) is 14.2. The Morgan fingerprint density at radius 3 is 2.94 bits per heavy atom. The molecule has 92 valence electrons. The van der Waals surface area contributed by atoms with Crippen molar-refractivity contribution in [3.63, 3.8) is 0 Å². The SMILES string of the molecule is CC(CC1CC1)Nc1cc([N+](=O)[O-])cc(Cl)n1. The number of anilines is 1. The van der Waals surface area contributed by atoms with Gasteiger partial charge in [0, 0.05) is 6.04 Å². The number of rotatable bonds is 5. The number of nitro groups is 1. The minimum absolute atomic E-state index is 0.0360. The number of halogens is 1. The molecule has 1 aromatic rings. The molecule has 0 radical (unpaired) electrons. The second-order valence-corrected chi connectivity index (χ2v) is 4.90. The van der Waals surface area contributed by atoms with E-state index >= 15 is 0 Å². The summed E-state index contributed by atoms with van der Waals surface area (Å²) in [5, 5.41) is 14.0. The van der Waals surface area contributed by atoms with Crippen molar-refractivity contribution >= 4 is 23.1 Å². The number of nitrogens with zero attached hydrogens (tertiary/aromatic N) is 2. The van der Waals surface area contributed by atoms with Gasteiger partial charge in [-0.25, -0.2) is 4.98 Å². The summed E-state index contributed by atoms with van der Waals surface area (Å²) in [5.74, 6) is 1.27. The average molecular weight is 256 g/mol. The highest BCUT2D eigenvalue weighted by Crippen LogP contribution is 2.34. The lowest BCUT2D eigenvalue weighted by Gasteiger charge is -2.13. The minimum atomic E-state index is -0.468. The fourth-order valence-electron chi connectivity index (χ4n) is 1.83. The second kappa shape index (κ2) is 4.87. The van der Waals surface area contributed by atoms with Crippen molar-refractivity contribution in [1.82, 2.24) is 4.98 Å². The van der Waals surface area contributed by atoms with E-state index in [-0.39, 0.29) is 16.9 Å². The molecular formula is C11H14ClN3O2. The molecule has 1 aliphatic carbocycles. The third-order valence-electron chi connectivity index (χ3n) is 2.77. The predicted molar refractivity (Wildman–Crippen MR) is 66.3 cm³/mol. The van der Waals surface area contributed by atoms with Gasteiger partial charge in [-0.05, 0) is 19.3 Å². The van der Waals surface area contributed by atoms with Gasteiger partial charge in [0.15, 0.2) is 0 Å². The Morgan fingerprint density at radius 1 is 1.65 bits per heavy atom. The molecule has 0 amide bonds. The van der Waals surface area contributed by atoms with E-state index in [9.17, 15) is 10.1 Å². The third kappa shape index (κ3) is 3.56. The van der Waals surface area contributed by atoms with Gasteiger partial charge in [0.2, 0.25) is 0 Å². The molecule has 2 rings (SSSR count). The van der Waals surface area contributed by atoms with Gasteiger partial charge in [-0.15, -0.1) is 0 Å². The minimum Gasteiger partial charge on any atom is -0.367 e. The van der Waals surface area contributed by atoms with Crippen LogP contribution in [-0.2, 0) is 0 Å². The number of hydrogen-bond donors (Lipinski definition) is 1. The van der Waals surface area contributed by atoms with Gasteiger partial charge in [0.25, 0.3) is 5.69 Å². The quantitative estimate of drug-likeness (QED) is 0.498. The van der Waals surface area contributed by atoms with Gasteiger partial charge in [-0.1, -0.05) is 24.4 Å². The number of aromatic nitrogens is 1. The van der Waals surface area contributed by atoms with E-state index in [1.54, 1.807) is 0 Å². The van der Waals surface area contributed by atoms with Crippen LogP contribution >= 0.6 is 11.6 Å². The molecule has 1 N–H and O–H groups in total. The van der Waals surface area contributed by atoms with E-state index in [0.717, 1.165) is 12.3 Å². The van der Waals surface area contributed by atoms with Gasteiger partial charge >= 0.3 is 0 Å². The first-order chi connectivity index (χ1) is 8.04. The van der Waals surface area contributed by atoms with E-state index < -0.39 is 4.92 Å². The van der Waals surface area contributed by atoms with Crippen molar-refractivity contribution in [3.8, 4) is 0 Å². The molecule has 0 aromatic carbocycles. The van der Waals surface area contributed by atoms with Crippen LogP contribution in [0.15, 0.2) is 12.1 Å². The monoisotopic (exact) mass is 255 g/mol. The molecule has 1 aromatic heterocycles. The molecule has 5 nitrogen and oxygen atoms in total. The molecule has 1 fully saturated rings. The normalized spacial score (nSPS) is 16.6. The lowest BCUT2D eigenvalue weighted by atomic mass is 10.1. The lowest BCUT2D eigenvalue weighted by Crippen LogP contribution is -2.16. The highest BCUT2D eigenvalue weighted by molar-refractivity contribution is 6.29. The van der Waals surface area contributed by atoms with Gasteiger partial charge in [-0.3, -0.25) is 10.1 Å². The van der Waals surface area contributed by atoms with Crippen LogP contribution < -0.4 is 5.32 Å². The fraction of sp³-hybridized carbons (Fsp3) is 0.545. The van der Waals surface area contributed by atoms with Crippen LogP contribution in [0.2, 0.25) is 5.15 Å². The first kappa shape index (κ1) is 12.1. The van der Waals surface area contributed by atoms with Crippen LogP contribution in [0.3, 0.4) is 0 Å². The molecule has 1 aliphatic rings. The molecule has 1 unspecified atom stereocenters. The molecule has 1 saturated carbocycles. The van der Waals surface area contributed by atoms with Crippen LogP contribution in [0.5, 0.6) is 0 Å². The number of pyridine rings is 1. The van der Waals surface area contributed by atoms with Crippen LogP contribution in [-0.4, -0.2) is 15.9 Å². The first-order valence-corrected chi connectivity index (χ1v) is 6.01. The smallest absolute Gasteiger partial charge is 0.276 e. The van der Waals surface area contributed by atoms with Gasteiger partial charge < -0.3 is 5.32 Å². The average Bonchev–Trinajstić information content (AvgIpc) is 3.00. The molecule has 1 atom stereocenters. The zero-order chi connectivity index (χ0) is 12.4. The first-order valence-electron chi connectivity index (χ1n) is 5.63. The van der Waals surface area contributed by atoms with Crippen molar-refractivity contribution in [2.75, 3.05) is 5.32 Å². The van der Waals surface area contributed by atoms with Crippen molar-refractivity contribution in [2.45, 2.75) is 32.2 Å². The van der Waals surface area contributed by atoms with E-state index in [4.69, 9.17) is 11.6 Å². The Kier molecular flexibility index (Phi) is 3.47. The Balaban J connectivity index is 2.05. The topological polar surface area (TPSA) is 68.1 Å². The van der Waals surface area contributed by atoms with Crippen molar-refractivity contribution in [3.05, 3.63) is 27.4 Å². The highest BCUT2D eigenvalue weighted by atomic mass is 35.5. The zero-order valence-electron chi connectivity index (χ0n) is 9.52. The Hall–Kier alpha value is -1.36.